The van der Waals surface area contributed by atoms with Crippen molar-refractivity contribution in [1.82, 2.24) is 19.9 Å². The lowest BCUT2D eigenvalue weighted by molar-refractivity contribution is 0.670. The molecule has 0 aliphatic rings. The lowest BCUT2D eigenvalue weighted by Gasteiger charge is -2.11. The molecule has 248 valence electrons. The normalized spacial score (nSPS) is 11.8. The highest BCUT2D eigenvalue weighted by atomic mass is 32.1. The Hall–Kier alpha value is -6.54. The topological polar surface area (TPSA) is 64.7 Å². The minimum absolute atomic E-state index is 0.610. The van der Waals surface area contributed by atoms with E-state index in [0.717, 1.165) is 71.2 Å². The summed E-state index contributed by atoms with van der Waals surface area (Å²) in [6.45, 7) is 0. The first-order valence-electron chi connectivity index (χ1n) is 17.4. The molecule has 5 nitrogen and oxygen atoms in total. The van der Waals surface area contributed by atoms with E-state index in [1.165, 1.54) is 19.5 Å². The molecular weight excluding hydrogens is 689 g/mol. The van der Waals surface area contributed by atoms with Gasteiger partial charge in [0.05, 0.1) is 10.2 Å². The summed E-state index contributed by atoms with van der Waals surface area (Å²) in [6.07, 6.45) is 0. The number of hydrogen-bond donors (Lipinski definition) is 0. The maximum atomic E-state index is 6.41. The van der Waals surface area contributed by atoms with E-state index in [1.807, 2.05) is 54.6 Å². The van der Waals surface area contributed by atoms with Crippen molar-refractivity contribution in [3.05, 3.63) is 158 Å². The Morgan fingerprint density at radius 1 is 0.396 bits per heavy atom. The number of hydrogen-bond acceptors (Lipinski definition) is 7. The predicted octanol–water partition coefficient (Wildman–Crippen LogP) is 13.1. The van der Waals surface area contributed by atoms with Gasteiger partial charge in [-0.15, -0.1) is 22.7 Å². The number of fused-ring (bicyclic) bond motifs is 7. The van der Waals surface area contributed by atoms with Gasteiger partial charge in [-0.1, -0.05) is 115 Å². The van der Waals surface area contributed by atoms with Gasteiger partial charge in [-0.2, -0.15) is 0 Å². The van der Waals surface area contributed by atoms with E-state index in [9.17, 15) is 0 Å². The van der Waals surface area contributed by atoms with E-state index < -0.39 is 0 Å². The van der Waals surface area contributed by atoms with E-state index in [0.29, 0.717) is 17.5 Å². The van der Waals surface area contributed by atoms with Crippen LogP contribution in [0.25, 0.3) is 108 Å². The van der Waals surface area contributed by atoms with Crippen LogP contribution in [0.15, 0.2) is 162 Å². The minimum atomic E-state index is 0.610. The summed E-state index contributed by atoms with van der Waals surface area (Å²) < 4.78 is 9.99. The molecule has 0 unspecified atom stereocenters. The molecule has 7 heteroatoms. The summed E-state index contributed by atoms with van der Waals surface area (Å²) in [5, 5.41) is 5.52. The van der Waals surface area contributed by atoms with E-state index in [2.05, 4.69) is 103 Å². The Labute approximate surface area is 311 Å². The van der Waals surface area contributed by atoms with Crippen LogP contribution in [0.3, 0.4) is 0 Å². The maximum absolute atomic E-state index is 6.41. The Morgan fingerprint density at radius 3 is 2.02 bits per heavy atom. The number of rotatable bonds is 5. The zero-order valence-electron chi connectivity index (χ0n) is 28.0. The maximum Gasteiger partial charge on any atom is 0.164 e. The van der Waals surface area contributed by atoms with Crippen LogP contribution < -0.4 is 0 Å². The van der Waals surface area contributed by atoms with Crippen LogP contribution in [-0.2, 0) is 0 Å². The van der Waals surface area contributed by atoms with Crippen molar-refractivity contribution in [3.63, 3.8) is 0 Å². The number of benzene rings is 7. The highest BCUT2D eigenvalue weighted by Crippen LogP contribution is 2.43. The molecule has 4 heterocycles. The molecule has 53 heavy (non-hydrogen) atoms. The van der Waals surface area contributed by atoms with Crippen molar-refractivity contribution >= 4 is 75.0 Å². The molecule has 7 aromatic carbocycles. The molecule has 0 saturated heterocycles. The standard InChI is InChI=1S/C46H26N4OS2/c1-2-11-27(12-3-1)43-48-44(29-14-8-13-28(25-29)31-16-9-17-33-32-15-4-6-20-37(32)51-42(31)33)50-45(49-43)34-18-10-22-40-41(34)35-26-30(23-24-38(35)52-40)46-47-36-19-5-7-21-39(36)53-46/h1-26H. The molecule has 0 bridgehead atoms. The van der Waals surface area contributed by atoms with Gasteiger partial charge < -0.3 is 4.42 Å². The number of para-hydroxylation sites is 3. The molecule has 0 aliphatic heterocycles. The summed E-state index contributed by atoms with van der Waals surface area (Å²) in [5.74, 6) is 1.87. The molecular formula is C46H26N4OS2. The van der Waals surface area contributed by atoms with Gasteiger partial charge in [0.15, 0.2) is 17.5 Å². The zero-order valence-corrected chi connectivity index (χ0v) is 29.7. The van der Waals surface area contributed by atoms with Crippen molar-refractivity contribution in [2.45, 2.75) is 0 Å². The van der Waals surface area contributed by atoms with Gasteiger partial charge >= 0.3 is 0 Å². The second kappa shape index (κ2) is 12.0. The Balaban J connectivity index is 1.09. The molecule has 0 atom stereocenters. The second-order valence-electron chi connectivity index (χ2n) is 13.0. The SMILES string of the molecule is c1ccc(-c2nc(-c3cccc(-c4cccc5c4oc4ccccc45)c3)nc(-c3cccc4sc5ccc(-c6nc7ccccc7s6)cc5c34)n2)cc1. The van der Waals surface area contributed by atoms with Crippen LogP contribution in [0.1, 0.15) is 0 Å². The minimum Gasteiger partial charge on any atom is -0.455 e. The van der Waals surface area contributed by atoms with E-state index in [-0.39, 0.29) is 0 Å². The van der Waals surface area contributed by atoms with Crippen LogP contribution >= 0.6 is 22.7 Å². The van der Waals surface area contributed by atoms with Crippen LogP contribution in [0, 0.1) is 0 Å². The predicted molar refractivity (Wildman–Crippen MR) is 220 cm³/mol. The third kappa shape index (κ3) is 5.04. The number of thiazole rings is 1. The van der Waals surface area contributed by atoms with Crippen molar-refractivity contribution in [3.8, 4) is 55.9 Å². The van der Waals surface area contributed by atoms with Gasteiger partial charge in [0.1, 0.15) is 16.2 Å². The number of thiophene rings is 1. The van der Waals surface area contributed by atoms with E-state index in [1.54, 1.807) is 22.7 Å². The van der Waals surface area contributed by atoms with Gasteiger partial charge in [-0.05, 0) is 48.0 Å². The molecule has 11 aromatic rings. The first kappa shape index (κ1) is 30.1. The van der Waals surface area contributed by atoms with Crippen LogP contribution in [0.4, 0.5) is 0 Å². The fourth-order valence-corrected chi connectivity index (χ4v) is 9.36. The van der Waals surface area contributed by atoms with Gasteiger partial charge in [0.2, 0.25) is 0 Å². The summed E-state index contributed by atoms with van der Waals surface area (Å²) in [7, 11) is 0. The van der Waals surface area contributed by atoms with Gasteiger partial charge in [0.25, 0.3) is 0 Å². The third-order valence-corrected chi connectivity index (χ3v) is 12.0. The first-order valence-corrected chi connectivity index (χ1v) is 19.0. The largest absolute Gasteiger partial charge is 0.455 e. The molecule has 0 N–H and O–H groups in total. The fourth-order valence-electron chi connectivity index (χ4n) is 7.28. The Kier molecular flexibility index (Phi) is 6.83. The van der Waals surface area contributed by atoms with Gasteiger partial charge in [-0.25, -0.2) is 19.9 Å². The summed E-state index contributed by atoms with van der Waals surface area (Å²) >= 11 is 3.51. The number of nitrogens with zero attached hydrogens (tertiary/aromatic N) is 4. The quantitative estimate of drug-likeness (QED) is 0.178. The smallest absolute Gasteiger partial charge is 0.164 e. The Morgan fingerprint density at radius 2 is 1.09 bits per heavy atom. The molecule has 0 amide bonds. The lowest BCUT2D eigenvalue weighted by atomic mass is 10.00. The molecule has 4 aromatic heterocycles. The average Bonchev–Trinajstić information content (AvgIpc) is 3.94. The summed E-state index contributed by atoms with van der Waals surface area (Å²) in [6, 6.07) is 54.5. The molecule has 0 saturated carbocycles. The van der Waals surface area contributed by atoms with Crippen molar-refractivity contribution in [1.29, 1.82) is 0 Å². The van der Waals surface area contributed by atoms with E-state index in [4.69, 9.17) is 24.4 Å². The molecule has 0 radical (unpaired) electrons. The Bertz CT molecular complexity index is 3160. The first-order chi connectivity index (χ1) is 26.2. The third-order valence-electron chi connectivity index (χ3n) is 9.78. The molecule has 11 rings (SSSR count). The number of furan rings is 1. The van der Waals surface area contributed by atoms with Crippen molar-refractivity contribution in [2.75, 3.05) is 0 Å². The highest BCUT2D eigenvalue weighted by molar-refractivity contribution is 7.26. The van der Waals surface area contributed by atoms with Gasteiger partial charge in [0, 0.05) is 58.8 Å². The summed E-state index contributed by atoms with van der Waals surface area (Å²) in [5.41, 5.74) is 8.73. The zero-order chi connectivity index (χ0) is 34.9. The van der Waals surface area contributed by atoms with Crippen molar-refractivity contribution in [2.24, 2.45) is 0 Å². The number of aromatic nitrogens is 4. The van der Waals surface area contributed by atoms with Crippen molar-refractivity contribution < 1.29 is 4.42 Å². The fraction of sp³-hybridized carbons (Fsp3) is 0. The van der Waals surface area contributed by atoms with Crippen LogP contribution in [-0.4, -0.2) is 19.9 Å². The second-order valence-corrected chi connectivity index (χ2v) is 15.1. The van der Waals surface area contributed by atoms with E-state index >= 15 is 0 Å². The monoisotopic (exact) mass is 714 g/mol. The van der Waals surface area contributed by atoms with Crippen LogP contribution in [0.5, 0.6) is 0 Å². The molecule has 0 aliphatic carbocycles. The average molecular weight is 715 g/mol. The summed E-state index contributed by atoms with van der Waals surface area (Å²) in [4.78, 5) is 20.4. The lowest BCUT2D eigenvalue weighted by Crippen LogP contribution is -2.00. The highest BCUT2D eigenvalue weighted by Gasteiger charge is 2.19. The molecule has 0 fully saturated rings. The van der Waals surface area contributed by atoms with Crippen LogP contribution in [0.2, 0.25) is 0 Å². The molecule has 0 spiro atoms. The van der Waals surface area contributed by atoms with Gasteiger partial charge in [-0.3, -0.25) is 0 Å².